The van der Waals surface area contributed by atoms with Crippen LogP contribution in [-0.2, 0) is 6.42 Å². The molecule has 1 aliphatic rings. The van der Waals surface area contributed by atoms with Gasteiger partial charge in [-0.05, 0) is 61.3 Å². The van der Waals surface area contributed by atoms with E-state index in [0.29, 0.717) is 10.4 Å². The zero-order valence-corrected chi connectivity index (χ0v) is 13.3. The van der Waals surface area contributed by atoms with Crippen LogP contribution in [0.2, 0.25) is 5.02 Å². The Morgan fingerprint density at radius 3 is 2.45 bits per heavy atom. The van der Waals surface area contributed by atoms with Crippen LogP contribution in [0.1, 0.15) is 45.1 Å². The van der Waals surface area contributed by atoms with Crippen LogP contribution in [0.25, 0.3) is 0 Å². The minimum Gasteiger partial charge on any atom is -0.496 e. The van der Waals surface area contributed by atoms with Gasteiger partial charge < -0.3 is 4.74 Å². The summed E-state index contributed by atoms with van der Waals surface area (Å²) in [5.41, 5.74) is 1.13. The van der Waals surface area contributed by atoms with Gasteiger partial charge in [0, 0.05) is 5.02 Å². The summed E-state index contributed by atoms with van der Waals surface area (Å²) in [6.07, 6.45) is 4.83. The summed E-state index contributed by atoms with van der Waals surface area (Å²) >= 11 is 6.09. The lowest BCUT2D eigenvalue weighted by molar-refractivity contribution is 0.145. The number of benzene rings is 1. The molecule has 3 heteroatoms. The van der Waals surface area contributed by atoms with Crippen molar-refractivity contribution in [1.29, 1.82) is 5.26 Å². The SMILES string of the molecule is COc1ccc(Cl)cc1CC1(C#N)CCC(C)(C)CC1. The highest BCUT2D eigenvalue weighted by Crippen LogP contribution is 2.47. The lowest BCUT2D eigenvalue weighted by Gasteiger charge is -2.39. The Labute approximate surface area is 126 Å². The predicted octanol–water partition coefficient (Wildman–Crippen LogP) is 5.00. The first-order chi connectivity index (χ1) is 9.40. The van der Waals surface area contributed by atoms with E-state index in [1.54, 1.807) is 7.11 Å². The fourth-order valence-corrected chi connectivity index (χ4v) is 3.18. The molecule has 0 atom stereocenters. The predicted molar refractivity (Wildman–Crippen MR) is 82.0 cm³/mol. The minimum atomic E-state index is -0.270. The van der Waals surface area contributed by atoms with E-state index in [0.717, 1.165) is 43.4 Å². The summed E-state index contributed by atoms with van der Waals surface area (Å²) in [5, 5.41) is 10.4. The van der Waals surface area contributed by atoms with E-state index in [9.17, 15) is 5.26 Å². The number of halogens is 1. The maximum Gasteiger partial charge on any atom is 0.122 e. The highest BCUT2D eigenvalue weighted by molar-refractivity contribution is 6.30. The van der Waals surface area contributed by atoms with Crippen molar-refractivity contribution in [3.63, 3.8) is 0 Å². The van der Waals surface area contributed by atoms with Crippen LogP contribution >= 0.6 is 11.6 Å². The monoisotopic (exact) mass is 291 g/mol. The molecule has 0 heterocycles. The highest BCUT2D eigenvalue weighted by atomic mass is 35.5. The van der Waals surface area contributed by atoms with E-state index >= 15 is 0 Å². The molecule has 2 rings (SSSR count). The van der Waals surface area contributed by atoms with Crippen molar-refractivity contribution in [2.45, 2.75) is 46.0 Å². The molecule has 1 aliphatic carbocycles. The second-order valence-corrected chi connectivity index (χ2v) is 7.13. The van der Waals surface area contributed by atoms with Crippen LogP contribution in [0.15, 0.2) is 18.2 Å². The van der Waals surface area contributed by atoms with Gasteiger partial charge in [-0.25, -0.2) is 0 Å². The maximum atomic E-state index is 9.68. The van der Waals surface area contributed by atoms with Crippen LogP contribution in [0, 0.1) is 22.2 Å². The number of rotatable bonds is 3. The molecule has 0 aliphatic heterocycles. The topological polar surface area (TPSA) is 33.0 Å². The van der Waals surface area contributed by atoms with E-state index in [1.807, 2.05) is 18.2 Å². The zero-order valence-electron chi connectivity index (χ0n) is 12.5. The van der Waals surface area contributed by atoms with Crippen molar-refractivity contribution in [1.82, 2.24) is 0 Å². The van der Waals surface area contributed by atoms with Crippen molar-refractivity contribution in [3.8, 4) is 11.8 Å². The molecule has 0 spiro atoms. The lowest BCUT2D eigenvalue weighted by atomic mass is 9.64. The Balaban J connectivity index is 2.23. The van der Waals surface area contributed by atoms with Crippen LogP contribution in [0.4, 0.5) is 0 Å². The van der Waals surface area contributed by atoms with E-state index < -0.39 is 0 Å². The molecule has 1 aromatic rings. The molecule has 108 valence electrons. The van der Waals surface area contributed by atoms with Crippen molar-refractivity contribution in [2.24, 2.45) is 10.8 Å². The fourth-order valence-electron chi connectivity index (χ4n) is 2.98. The van der Waals surface area contributed by atoms with E-state index in [1.165, 1.54) is 0 Å². The first kappa shape index (κ1) is 15.2. The lowest BCUT2D eigenvalue weighted by Crippen LogP contribution is -2.32. The Morgan fingerprint density at radius 2 is 1.90 bits per heavy atom. The summed E-state index contributed by atoms with van der Waals surface area (Å²) in [5.74, 6) is 0.828. The van der Waals surface area contributed by atoms with Gasteiger partial charge in [0.25, 0.3) is 0 Å². The average molecular weight is 292 g/mol. The standard InChI is InChI=1S/C17H22ClNO/c1-16(2)6-8-17(12-19,9-7-16)11-13-10-14(18)4-5-15(13)20-3/h4-5,10H,6-9,11H2,1-3H3. The van der Waals surface area contributed by atoms with E-state index in [4.69, 9.17) is 16.3 Å². The molecular weight excluding hydrogens is 270 g/mol. The molecule has 1 fully saturated rings. The maximum absolute atomic E-state index is 9.68. The van der Waals surface area contributed by atoms with Gasteiger partial charge >= 0.3 is 0 Å². The molecular formula is C17H22ClNO. The largest absolute Gasteiger partial charge is 0.496 e. The van der Waals surface area contributed by atoms with Gasteiger partial charge in [-0.15, -0.1) is 0 Å². The summed E-state index contributed by atoms with van der Waals surface area (Å²) in [6.45, 7) is 4.57. The second-order valence-electron chi connectivity index (χ2n) is 6.69. The molecule has 0 bridgehead atoms. The van der Waals surface area contributed by atoms with E-state index in [2.05, 4.69) is 19.9 Å². The van der Waals surface area contributed by atoms with Gasteiger partial charge in [0.1, 0.15) is 5.75 Å². The van der Waals surface area contributed by atoms with Crippen molar-refractivity contribution >= 4 is 11.6 Å². The Morgan fingerprint density at radius 1 is 1.25 bits per heavy atom. The summed E-state index contributed by atoms with van der Waals surface area (Å²) in [7, 11) is 1.66. The van der Waals surface area contributed by atoms with Gasteiger partial charge in [0.2, 0.25) is 0 Å². The Kier molecular flexibility index (Phi) is 4.30. The number of ether oxygens (including phenoxy) is 1. The van der Waals surface area contributed by atoms with Crippen LogP contribution in [0.3, 0.4) is 0 Å². The zero-order chi connectivity index (χ0) is 14.8. The van der Waals surface area contributed by atoms with Crippen molar-refractivity contribution < 1.29 is 4.74 Å². The molecule has 20 heavy (non-hydrogen) atoms. The molecule has 0 N–H and O–H groups in total. The third-order valence-electron chi connectivity index (χ3n) is 4.57. The van der Waals surface area contributed by atoms with Crippen molar-refractivity contribution in [3.05, 3.63) is 28.8 Å². The Bertz CT molecular complexity index is 520. The van der Waals surface area contributed by atoms with Crippen LogP contribution in [0.5, 0.6) is 5.75 Å². The highest BCUT2D eigenvalue weighted by Gasteiger charge is 2.39. The molecule has 0 radical (unpaired) electrons. The van der Waals surface area contributed by atoms with Gasteiger partial charge in [-0.1, -0.05) is 25.4 Å². The first-order valence-electron chi connectivity index (χ1n) is 7.13. The normalized spacial score (nSPS) is 20.1. The molecule has 0 amide bonds. The second kappa shape index (κ2) is 5.66. The van der Waals surface area contributed by atoms with Gasteiger partial charge in [-0.3, -0.25) is 0 Å². The summed E-state index contributed by atoms with van der Waals surface area (Å²) < 4.78 is 5.40. The molecule has 1 saturated carbocycles. The summed E-state index contributed by atoms with van der Waals surface area (Å²) in [4.78, 5) is 0. The number of hydrogen-bond acceptors (Lipinski definition) is 2. The van der Waals surface area contributed by atoms with Crippen molar-refractivity contribution in [2.75, 3.05) is 7.11 Å². The van der Waals surface area contributed by atoms with Crippen LogP contribution < -0.4 is 4.74 Å². The molecule has 2 nitrogen and oxygen atoms in total. The molecule has 0 unspecified atom stereocenters. The minimum absolute atomic E-state index is 0.270. The smallest absolute Gasteiger partial charge is 0.122 e. The van der Waals surface area contributed by atoms with Crippen LogP contribution in [-0.4, -0.2) is 7.11 Å². The molecule has 0 saturated heterocycles. The Hall–Kier alpha value is -1.20. The third kappa shape index (κ3) is 3.27. The van der Waals surface area contributed by atoms with Gasteiger partial charge in [0.05, 0.1) is 18.6 Å². The van der Waals surface area contributed by atoms with E-state index in [-0.39, 0.29) is 5.41 Å². The third-order valence-corrected chi connectivity index (χ3v) is 4.80. The summed E-state index contributed by atoms with van der Waals surface area (Å²) in [6, 6.07) is 8.22. The number of nitrogens with zero attached hydrogens (tertiary/aromatic N) is 1. The van der Waals surface area contributed by atoms with Gasteiger partial charge in [0.15, 0.2) is 0 Å². The fraction of sp³-hybridized carbons (Fsp3) is 0.588. The number of nitriles is 1. The first-order valence-corrected chi connectivity index (χ1v) is 7.51. The number of methoxy groups -OCH3 is 1. The molecule has 1 aromatic carbocycles. The number of hydrogen-bond donors (Lipinski definition) is 0. The molecule has 0 aromatic heterocycles. The average Bonchev–Trinajstić information content (AvgIpc) is 2.42. The van der Waals surface area contributed by atoms with Gasteiger partial charge in [-0.2, -0.15) is 5.26 Å². The quantitative estimate of drug-likeness (QED) is 0.785.